The van der Waals surface area contributed by atoms with E-state index in [9.17, 15) is 22.8 Å². The van der Waals surface area contributed by atoms with Gasteiger partial charge in [-0.15, -0.1) is 0 Å². The molecule has 3 aromatic rings. The van der Waals surface area contributed by atoms with E-state index in [0.29, 0.717) is 19.5 Å². The number of hydrogen-bond donors (Lipinski definition) is 0. The molecule has 1 fully saturated rings. The topological polar surface area (TPSA) is 45.6 Å². The number of carbonyl (C=O) groups excluding carboxylic acids is 2. The number of hydrogen-bond acceptors (Lipinski definition) is 2. The molecule has 1 atom stereocenters. The quantitative estimate of drug-likeness (QED) is 0.268. The van der Waals surface area contributed by atoms with Crippen LogP contribution in [0.5, 0.6) is 0 Å². The average molecular weight is 554 g/mol. The Morgan fingerprint density at radius 2 is 1.70 bits per heavy atom. The lowest BCUT2D eigenvalue weighted by molar-refractivity contribution is -0.138. The van der Waals surface area contributed by atoms with Crippen molar-refractivity contribution in [3.63, 3.8) is 0 Å². The zero-order chi connectivity index (χ0) is 28.7. The van der Waals surface area contributed by atoms with Gasteiger partial charge in [0.2, 0.25) is 5.91 Å². The maximum absolute atomic E-state index is 14.0. The molecule has 4 rings (SSSR count). The van der Waals surface area contributed by atoms with E-state index in [0.717, 1.165) is 55.5 Å². The van der Waals surface area contributed by atoms with E-state index in [1.165, 1.54) is 17.0 Å². The SMILES string of the molecule is CCC(C)N(CC(=O)N(Cc1cccn1Cc1ccccc1)C1CCCCC1)C(=O)c1cccc(C(F)(F)F)c1. The summed E-state index contributed by atoms with van der Waals surface area (Å²) in [5.41, 5.74) is 1.22. The third kappa shape index (κ3) is 7.34. The largest absolute Gasteiger partial charge is 0.416 e. The van der Waals surface area contributed by atoms with Crippen molar-refractivity contribution in [2.75, 3.05) is 6.54 Å². The molecule has 0 saturated heterocycles. The zero-order valence-corrected chi connectivity index (χ0v) is 23.2. The molecule has 8 heteroatoms. The predicted octanol–water partition coefficient (Wildman–Crippen LogP) is 7.16. The van der Waals surface area contributed by atoms with Gasteiger partial charge in [0.15, 0.2) is 0 Å². The Morgan fingerprint density at radius 1 is 0.975 bits per heavy atom. The maximum Gasteiger partial charge on any atom is 0.416 e. The summed E-state index contributed by atoms with van der Waals surface area (Å²) in [5.74, 6) is -0.746. The number of halogens is 3. The second kappa shape index (κ2) is 13.2. The van der Waals surface area contributed by atoms with Gasteiger partial charge in [-0.2, -0.15) is 13.2 Å². The summed E-state index contributed by atoms with van der Waals surface area (Å²) in [6.07, 6.45) is 3.03. The van der Waals surface area contributed by atoms with Gasteiger partial charge in [-0.1, -0.05) is 62.6 Å². The fourth-order valence-corrected chi connectivity index (χ4v) is 5.39. The number of nitrogens with zero attached hydrogens (tertiary/aromatic N) is 3. The summed E-state index contributed by atoms with van der Waals surface area (Å²) >= 11 is 0. The molecule has 0 bridgehead atoms. The molecule has 1 aliphatic carbocycles. The highest BCUT2D eigenvalue weighted by Gasteiger charge is 2.33. The van der Waals surface area contributed by atoms with E-state index < -0.39 is 17.6 Å². The molecule has 1 unspecified atom stereocenters. The number of alkyl halides is 3. The average Bonchev–Trinajstić information content (AvgIpc) is 3.40. The van der Waals surface area contributed by atoms with Gasteiger partial charge in [-0.3, -0.25) is 9.59 Å². The molecule has 40 heavy (non-hydrogen) atoms. The van der Waals surface area contributed by atoms with Crippen LogP contribution in [-0.4, -0.2) is 44.8 Å². The second-order valence-corrected chi connectivity index (χ2v) is 10.7. The molecule has 0 N–H and O–H groups in total. The van der Waals surface area contributed by atoms with Gasteiger partial charge in [0.25, 0.3) is 5.91 Å². The van der Waals surface area contributed by atoms with Crippen molar-refractivity contribution in [2.24, 2.45) is 0 Å². The van der Waals surface area contributed by atoms with Crippen molar-refractivity contribution in [3.05, 3.63) is 95.3 Å². The number of benzene rings is 2. The molecule has 1 aliphatic rings. The van der Waals surface area contributed by atoms with Crippen molar-refractivity contribution in [1.82, 2.24) is 14.4 Å². The van der Waals surface area contributed by atoms with Crippen LogP contribution in [0.25, 0.3) is 0 Å². The van der Waals surface area contributed by atoms with E-state index in [1.54, 1.807) is 0 Å². The fourth-order valence-electron chi connectivity index (χ4n) is 5.39. The third-order valence-electron chi connectivity index (χ3n) is 7.91. The van der Waals surface area contributed by atoms with Crippen LogP contribution in [0.15, 0.2) is 72.9 Å². The van der Waals surface area contributed by atoms with Crippen molar-refractivity contribution in [2.45, 2.75) is 83.7 Å². The van der Waals surface area contributed by atoms with Crippen LogP contribution >= 0.6 is 0 Å². The molecule has 0 radical (unpaired) electrons. The van der Waals surface area contributed by atoms with Gasteiger partial charge in [-0.25, -0.2) is 0 Å². The highest BCUT2D eigenvalue weighted by atomic mass is 19.4. The Bertz CT molecular complexity index is 1270. The summed E-state index contributed by atoms with van der Waals surface area (Å²) in [6, 6.07) is 18.3. The minimum Gasteiger partial charge on any atom is -0.345 e. The number of rotatable bonds is 10. The van der Waals surface area contributed by atoms with Crippen LogP contribution in [0.3, 0.4) is 0 Å². The van der Waals surface area contributed by atoms with Crippen LogP contribution < -0.4 is 0 Å². The molecule has 214 valence electrons. The van der Waals surface area contributed by atoms with E-state index in [-0.39, 0.29) is 30.1 Å². The lowest BCUT2D eigenvalue weighted by atomic mass is 9.94. The minimum absolute atomic E-state index is 0.0590. The van der Waals surface area contributed by atoms with Crippen molar-refractivity contribution >= 4 is 11.8 Å². The van der Waals surface area contributed by atoms with Crippen molar-refractivity contribution in [1.29, 1.82) is 0 Å². The van der Waals surface area contributed by atoms with E-state index in [1.807, 2.05) is 55.3 Å². The molecule has 2 aromatic carbocycles. The van der Waals surface area contributed by atoms with Crippen molar-refractivity contribution < 1.29 is 22.8 Å². The first-order valence-electron chi connectivity index (χ1n) is 14.1. The molecule has 1 saturated carbocycles. The molecule has 5 nitrogen and oxygen atoms in total. The highest BCUT2D eigenvalue weighted by molar-refractivity contribution is 5.97. The molecule has 0 aliphatic heterocycles. The minimum atomic E-state index is -4.56. The van der Waals surface area contributed by atoms with Crippen LogP contribution in [0.2, 0.25) is 0 Å². The first kappa shape index (κ1) is 29.4. The standard InChI is InChI=1S/C32H38F3N3O2/c1-3-24(2)37(31(40)26-14-10-15-27(20-26)32(33,34)35)23-30(39)38(28-16-8-5-9-17-28)22-29-18-11-19-36(29)21-25-12-6-4-7-13-25/h4,6-7,10-15,18-20,24,28H,3,5,8-9,16-17,21-23H2,1-2H3. The molecule has 0 spiro atoms. The van der Waals surface area contributed by atoms with Gasteiger partial charge in [0.05, 0.1) is 12.1 Å². The summed E-state index contributed by atoms with van der Waals surface area (Å²) in [4.78, 5) is 30.8. The zero-order valence-electron chi connectivity index (χ0n) is 23.2. The summed E-state index contributed by atoms with van der Waals surface area (Å²) in [5, 5.41) is 0. The Balaban J connectivity index is 1.58. The van der Waals surface area contributed by atoms with Gasteiger partial charge >= 0.3 is 6.18 Å². The monoisotopic (exact) mass is 553 g/mol. The van der Waals surface area contributed by atoms with Gasteiger partial charge in [-0.05, 0) is 62.1 Å². The molecule has 2 amide bonds. The number of carbonyl (C=O) groups is 2. The Morgan fingerprint density at radius 3 is 2.38 bits per heavy atom. The Kier molecular flexibility index (Phi) is 9.71. The molecular weight excluding hydrogens is 515 g/mol. The smallest absolute Gasteiger partial charge is 0.345 e. The maximum atomic E-state index is 14.0. The molecular formula is C32H38F3N3O2. The second-order valence-electron chi connectivity index (χ2n) is 10.7. The van der Waals surface area contributed by atoms with Crippen LogP contribution in [0.4, 0.5) is 13.2 Å². The van der Waals surface area contributed by atoms with E-state index >= 15 is 0 Å². The highest BCUT2D eigenvalue weighted by Crippen LogP contribution is 2.30. The van der Waals surface area contributed by atoms with Gasteiger partial charge in [0.1, 0.15) is 6.54 Å². The summed E-state index contributed by atoms with van der Waals surface area (Å²) < 4.78 is 42.2. The first-order valence-corrected chi connectivity index (χ1v) is 14.1. The lowest BCUT2D eigenvalue weighted by Gasteiger charge is -2.37. The van der Waals surface area contributed by atoms with E-state index in [4.69, 9.17) is 0 Å². The van der Waals surface area contributed by atoms with Crippen LogP contribution in [-0.2, 0) is 24.1 Å². The molecule has 1 aromatic heterocycles. The Labute approximate surface area is 234 Å². The molecule has 1 heterocycles. The normalized spacial score (nSPS) is 15.0. The summed E-state index contributed by atoms with van der Waals surface area (Å²) in [7, 11) is 0. The van der Waals surface area contributed by atoms with Crippen molar-refractivity contribution in [3.8, 4) is 0 Å². The van der Waals surface area contributed by atoms with Crippen LogP contribution in [0, 0.1) is 0 Å². The Hall–Kier alpha value is -3.55. The third-order valence-corrected chi connectivity index (χ3v) is 7.91. The fraction of sp³-hybridized carbons (Fsp3) is 0.438. The predicted molar refractivity (Wildman–Crippen MR) is 150 cm³/mol. The first-order chi connectivity index (χ1) is 19.2. The lowest BCUT2D eigenvalue weighted by Crippen LogP contribution is -2.49. The van der Waals surface area contributed by atoms with Gasteiger partial charge in [0, 0.05) is 36.1 Å². The van der Waals surface area contributed by atoms with Gasteiger partial charge < -0.3 is 14.4 Å². The van der Waals surface area contributed by atoms with E-state index in [2.05, 4.69) is 16.7 Å². The summed E-state index contributed by atoms with van der Waals surface area (Å²) in [6.45, 7) is 4.64. The number of aromatic nitrogens is 1. The van der Waals surface area contributed by atoms with Crippen LogP contribution in [0.1, 0.15) is 79.6 Å². The number of amides is 2.